The van der Waals surface area contributed by atoms with Crippen LogP contribution in [0.25, 0.3) is 0 Å². The first kappa shape index (κ1) is 23.5. The minimum atomic E-state index is -0.860. The van der Waals surface area contributed by atoms with E-state index in [-0.39, 0.29) is 24.2 Å². The van der Waals surface area contributed by atoms with Crippen molar-refractivity contribution in [1.29, 1.82) is 0 Å². The smallest absolute Gasteiger partial charge is 0.303 e. The van der Waals surface area contributed by atoms with Gasteiger partial charge in [-0.05, 0) is 62.1 Å². The maximum atomic E-state index is 11.3. The van der Waals surface area contributed by atoms with Crippen LogP contribution in [0.4, 0.5) is 0 Å². The van der Waals surface area contributed by atoms with Crippen LogP contribution in [0.2, 0.25) is 5.02 Å². The SMILES string of the molecule is C[C@@H]1CCC2[C@@H](C)[C@@H](O[C@H](CCC(=O)O)c3ccc(Cl)cc3)O[C@@H]3O[C@@]4(C)CC[C@@H]1[C@@]23OO4. The van der Waals surface area contributed by atoms with E-state index >= 15 is 0 Å². The van der Waals surface area contributed by atoms with Gasteiger partial charge in [0.2, 0.25) is 5.79 Å². The average molecular weight is 481 g/mol. The van der Waals surface area contributed by atoms with E-state index in [0.717, 1.165) is 31.2 Å². The molecular formula is C25H33ClO7. The first-order valence-electron chi connectivity index (χ1n) is 12.0. The highest BCUT2D eigenvalue weighted by molar-refractivity contribution is 6.30. The Morgan fingerprint density at radius 1 is 1.18 bits per heavy atom. The van der Waals surface area contributed by atoms with Crippen LogP contribution in [0.5, 0.6) is 0 Å². The van der Waals surface area contributed by atoms with Crippen LogP contribution in [0.1, 0.15) is 71.0 Å². The van der Waals surface area contributed by atoms with Crippen LogP contribution in [0.15, 0.2) is 24.3 Å². The van der Waals surface area contributed by atoms with Crippen LogP contribution in [-0.4, -0.2) is 35.0 Å². The summed E-state index contributed by atoms with van der Waals surface area (Å²) in [5.74, 6) is -0.765. The van der Waals surface area contributed by atoms with Gasteiger partial charge in [0.05, 0.1) is 6.10 Å². The molecule has 0 radical (unpaired) electrons. The van der Waals surface area contributed by atoms with Crippen molar-refractivity contribution in [3.63, 3.8) is 0 Å². The Kier molecular flexibility index (Phi) is 6.25. The molecule has 5 aliphatic rings. The summed E-state index contributed by atoms with van der Waals surface area (Å²) < 4.78 is 19.4. The number of ether oxygens (including phenoxy) is 3. The topological polar surface area (TPSA) is 83.5 Å². The van der Waals surface area contributed by atoms with E-state index in [4.69, 9.17) is 35.6 Å². The van der Waals surface area contributed by atoms with Gasteiger partial charge in [-0.25, -0.2) is 9.78 Å². The Hall–Kier alpha value is -1.22. The van der Waals surface area contributed by atoms with Gasteiger partial charge in [0.1, 0.15) is 0 Å². The highest BCUT2D eigenvalue weighted by Crippen LogP contribution is 2.60. The van der Waals surface area contributed by atoms with Crippen molar-refractivity contribution in [1.82, 2.24) is 0 Å². The molecule has 4 heterocycles. The predicted octanol–water partition coefficient (Wildman–Crippen LogP) is 5.47. The average Bonchev–Trinajstić information content (AvgIpc) is 3.01. The van der Waals surface area contributed by atoms with Crippen molar-refractivity contribution < 1.29 is 33.9 Å². The maximum Gasteiger partial charge on any atom is 0.303 e. The second-order valence-electron chi connectivity index (χ2n) is 10.4. The summed E-state index contributed by atoms with van der Waals surface area (Å²) in [6.45, 7) is 6.32. The summed E-state index contributed by atoms with van der Waals surface area (Å²) in [4.78, 5) is 23.4. The third-order valence-corrected chi connectivity index (χ3v) is 8.51. The standard InChI is InChI=1S/C25H33ClO7/c1-14-4-9-19-15(2)22(29-20(10-11-21(27)28)16-5-7-17(26)8-6-16)30-23-25(19)18(14)12-13-24(3,31-23)32-33-25/h5-8,14-15,18-20,22-23H,4,9-13H2,1-3H3,(H,27,28)/t14-,15-,18+,19?,20-,22+,23-,24-,25-/m1/s1. The first-order chi connectivity index (χ1) is 15.7. The Bertz CT molecular complexity index is 878. The number of carbonyl (C=O) groups is 1. The quantitative estimate of drug-likeness (QED) is 0.540. The lowest BCUT2D eigenvalue weighted by molar-refractivity contribution is -0.578. The van der Waals surface area contributed by atoms with E-state index in [0.29, 0.717) is 17.4 Å². The van der Waals surface area contributed by atoms with Gasteiger partial charge >= 0.3 is 5.97 Å². The molecule has 2 bridgehead atoms. The van der Waals surface area contributed by atoms with Gasteiger partial charge < -0.3 is 19.3 Å². The second-order valence-corrected chi connectivity index (χ2v) is 10.8. The van der Waals surface area contributed by atoms with Crippen LogP contribution in [0.3, 0.4) is 0 Å². The molecule has 1 unspecified atom stereocenters. The van der Waals surface area contributed by atoms with Crippen molar-refractivity contribution in [3.05, 3.63) is 34.9 Å². The molecule has 182 valence electrons. The molecule has 0 aromatic heterocycles. The van der Waals surface area contributed by atoms with Crippen LogP contribution < -0.4 is 0 Å². The Morgan fingerprint density at radius 2 is 1.94 bits per heavy atom. The number of rotatable bonds is 6. The van der Waals surface area contributed by atoms with Crippen LogP contribution >= 0.6 is 11.6 Å². The molecule has 8 heteroatoms. The molecule has 1 N–H and O–H groups in total. The van der Waals surface area contributed by atoms with Crippen molar-refractivity contribution in [3.8, 4) is 0 Å². The summed E-state index contributed by atoms with van der Waals surface area (Å²) in [6.07, 6.45) is 2.56. The zero-order valence-electron chi connectivity index (χ0n) is 19.4. The molecule has 7 nitrogen and oxygen atoms in total. The first-order valence-corrected chi connectivity index (χ1v) is 12.4. The number of aliphatic carboxylic acids is 1. The molecule has 1 aromatic rings. The zero-order chi connectivity index (χ0) is 23.4. The lowest BCUT2D eigenvalue weighted by Gasteiger charge is -2.60. The highest BCUT2D eigenvalue weighted by atomic mass is 35.5. The lowest BCUT2D eigenvalue weighted by Crippen LogP contribution is -2.70. The molecule has 5 fully saturated rings. The third kappa shape index (κ3) is 4.11. The fourth-order valence-electron chi connectivity index (χ4n) is 6.43. The van der Waals surface area contributed by atoms with E-state index in [1.165, 1.54) is 0 Å². The molecular weight excluding hydrogens is 448 g/mol. The summed E-state index contributed by atoms with van der Waals surface area (Å²) in [5.41, 5.74) is 0.228. The number of hydrogen-bond donors (Lipinski definition) is 1. The van der Waals surface area contributed by atoms with E-state index in [2.05, 4.69) is 13.8 Å². The Balaban J connectivity index is 1.43. The number of carboxylic acids is 1. The molecule has 6 rings (SSSR count). The summed E-state index contributed by atoms with van der Waals surface area (Å²) >= 11 is 6.07. The van der Waals surface area contributed by atoms with Crippen molar-refractivity contribution >= 4 is 17.6 Å². The van der Waals surface area contributed by atoms with Crippen molar-refractivity contribution in [2.75, 3.05) is 0 Å². The van der Waals surface area contributed by atoms with E-state index in [1.807, 2.05) is 19.1 Å². The lowest BCUT2D eigenvalue weighted by atomic mass is 9.58. The zero-order valence-corrected chi connectivity index (χ0v) is 20.1. The fraction of sp³-hybridized carbons (Fsp3) is 0.720. The molecule has 1 aromatic carbocycles. The summed E-state index contributed by atoms with van der Waals surface area (Å²) in [6, 6.07) is 7.34. The number of fused-ring (bicyclic) bond motifs is 2. The van der Waals surface area contributed by atoms with Gasteiger partial charge in [0.25, 0.3) is 0 Å². The molecule has 4 saturated heterocycles. The Labute approximate surface area is 199 Å². The van der Waals surface area contributed by atoms with Crippen LogP contribution in [0, 0.1) is 23.7 Å². The molecule has 33 heavy (non-hydrogen) atoms. The van der Waals surface area contributed by atoms with Gasteiger partial charge in [-0.1, -0.05) is 37.6 Å². The van der Waals surface area contributed by atoms with E-state index in [9.17, 15) is 9.90 Å². The Morgan fingerprint density at radius 3 is 2.67 bits per heavy atom. The number of halogens is 1. The van der Waals surface area contributed by atoms with Gasteiger partial charge in [0.15, 0.2) is 18.2 Å². The second kappa shape index (κ2) is 8.77. The highest BCUT2D eigenvalue weighted by Gasteiger charge is 2.69. The molecule has 0 amide bonds. The number of benzene rings is 1. The van der Waals surface area contributed by atoms with Gasteiger partial charge in [0, 0.05) is 29.7 Å². The van der Waals surface area contributed by atoms with E-state index in [1.54, 1.807) is 12.1 Å². The third-order valence-electron chi connectivity index (χ3n) is 8.26. The minimum Gasteiger partial charge on any atom is -0.481 e. The predicted molar refractivity (Wildman–Crippen MR) is 119 cm³/mol. The molecule has 1 saturated carbocycles. The molecule has 1 spiro atoms. The summed E-state index contributed by atoms with van der Waals surface area (Å²) in [5, 5.41) is 9.90. The fourth-order valence-corrected chi connectivity index (χ4v) is 6.56. The monoisotopic (exact) mass is 480 g/mol. The van der Waals surface area contributed by atoms with Crippen molar-refractivity contribution in [2.24, 2.45) is 23.7 Å². The molecule has 4 aliphatic heterocycles. The van der Waals surface area contributed by atoms with Crippen molar-refractivity contribution in [2.45, 2.75) is 89.4 Å². The number of carboxylic acid groups (broad SMARTS) is 1. The normalized spacial score (nSPS) is 42.9. The van der Waals surface area contributed by atoms with Gasteiger partial charge in [-0.15, -0.1) is 0 Å². The van der Waals surface area contributed by atoms with Gasteiger partial charge in [-0.3, -0.25) is 4.79 Å². The minimum absolute atomic E-state index is 0.00367. The molecule has 9 atom stereocenters. The van der Waals surface area contributed by atoms with Crippen LogP contribution in [-0.2, 0) is 28.8 Å². The molecule has 1 aliphatic carbocycles. The largest absolute Gasteiger partial charge is 0.481 e. The maximum absolute atomic E-state index is 11.3. The van der Waals surface area contributed by atoms with E-state index < -0.39 is 36.0 Å². The number of hydrogen-bond acceptors (Lipinski definition) is 6. The summed E-state index contributed by atoms with van der Waals surface area (Å²) in [7, 11) is 0. The van der Waals surface area contributed by atoms with Gasteiger partial charge in [-0.2, -0.15) is 0 Å².